The minimum atomic E-state index is -3.46. The van der Waals surface area contributed by atoms with Crippen LogP contribution in [0.2, 0.25) is 0 Å². The molecule has 1 aromatic carbocycles. The van der Waals surface area contributed by atoms with Crippen LogP contribution in [0.3, 0.4) is 0 Å². The van der Waals surface area contributed by atoms with Crippen molar-refractivity contribution in [2.75, 3.05) is 26.7 Å². The van der Waals surface area contributed by atoms with Gasteiger partial charge in [-0.3, -0.25) is 0 Å². The summed E-state index contributed by atoms with van der Waals surface area (Å²) in [4.78, 5) is 0.280. The van der Waals surface area contributed by atoms with Gasteiger partial charge in [-0.1, -0.05) is 0 Å². The first-order valence-corrected chi connectivity index (χ1v) is 8.25. The third kappa shape index (κ3) is 3.10. The SMILES string of the molecule is COc1ccc(S(=O)(=O)N2CCNC(C)C2)c(Br)c1. The van der Waals surface area contributed by atoms with E-state index in [1.807, 2.05) is 6.92 Å². The molecule has 1 heterocycles. The van der Waals surface area contributed by atoms with Gasteiger partial charge >= 0.3 is 0 Å². The summed E-state index contributed by atoms with van der Waals surface area (Å²) in [5.74, 6) is 0.625. The lowest BCUT2D eigenvalue weighted by atomic mass is 10.3. The van der Waals surface area contributed by atoms with Gasteiger partial charge in [0.25, 0.3) is 0 Å². The topological polar surface area (TPSA) is 58.6 Å². The molecule has 1 aliphatic heterocycles. The summed E-state index contributed by atoms with van der Waals surface area (Å²) in [6.45, 7) is 3.63. The lowest BCUT2D eigenvalue weighted by Crippen LogP contribution is -2.51. The molecule has 5 nitrogen and oxygen atoms in total. The van der Waals surface area contributed by atoms with Gasteiger partial charge < -0.3 is 10.1 Å². The van der Waals surface area contributed by atoms with Crippen molar-refractivity contribution in [1.29, 1.82) is 0 Å². The quantitative estimate of drug-likeness (QED) is 0.897. The van der Waals surface area contributed by atoms with E-state index in [0.29, 0.717) is 29.9 Å². The van der Waals surface area contributed by atoms with Gasteiger partial charge in [0, 0.05) is 30.1 Å². The van der Waals surface area contributed by atoms with Crippen LogP contribution < -0.4 is 10.1 Å². The number of halogens is 1. The molecule has 1 unspecified atom stereocenters. The molecule has 0 bridgehead atoms. The minimum Gasteiger partial charge on any atom is -0.497 e. The molecule has 7 heteroatoms. The second-order valence-corrected chi connectivity index (χ2v) is 7.28. The maximum atomic E-state index is 12.6. The highest BCUT2D eigenvalue weighted by atomic mass is 79.9. The highest BCUT2D eigenvalue weighted by molar-refractivity contribution is 9.10. The summed E-state index contributed by atoms with van der Waals surface area (Å²) in [6, 6.07) is 5.06. The van der Waals surface area contributed by atoms with Crippen molar-refractivity contribution < 1.29 is 13.2 Å². The van der Waals surface area contributed by atoms with Gasteiger partial charge in [0.15, 0.2) is 0 Å². The summed E-state index contributed by atoms with van der Waals surface area (Å²) in [6.07, 6.45) is 0. The molecule has 106 valence electrons. The van der Waals surface area contributed by atoms with E-state index in [1.54, 1.807) is 25.3 Å². The molecule has 19 heavy (non-hydrogen) atoms. The van der Waals surface area contributed by atoms with E-state index in [2.05, 4.69) is 21.2 Å². The Balaban J connectivity index is 2.33. The summed E-state index contributed by atoms with van der Waals surface area (Å²) in [7, 11) is -1.91. The molecule has 0 aromatic heterocycles. The van der Waals surface area contributed by atoms with Gasteiger partial charge in [0.2, 0.25) is 10.0 Å². The molecule has 1 saturated heterocycles. The first-order chi connectivity index (χ1) is 8.95. The largest absolute Gasteiger partial charge is 0.497 e. The number of benzene rings is 1. The Morgan fingerprint density at radius 1 is 1.47 bits per heavy atom. The molecule has 0 radical (unpaired) electrons. The second kappa shape index (κ2) is 5.78. The molecule has 0 saturated carbocycles. The predicted octanol–water partition coefficient (Wildman–Crippen LogP) is 1.44. The Morgan fingerprint density at radius 3 is 2.79 bits per heavy atom. The normalized spacial score (nSPS) is 21.3. The third-order valence-electron chi connectivity index (χ3n) is 3.09. The van der Waals surface area contributed by atoms with E-state index < -0.39 is 10.0 Å². The molecule has 1 fully saturated rings. The average Bonchev–Trinajstić information content (AvgIpc) is 2.38. The maximum Gasteiger partial charge on any atom is 0.244 e. The number of ether oxygens (including phenoxy) is 1. The fourth-order valence-corrected chi connectivity index (χ4v) is 4.62. The molecule has 1 N–H and O–H groups in total. The molecule has 1 aromatic rings. The van der Waals surface area contributed by atoms with Crippen molar-refractivity contribution in [3.63, 3.8) is 0 Å². The van der Waals surface area contributed by atoms with Crippen LogP contribution in [0.15, 0.2) is 27.6 Å². The summed E-state index contributed by atoms with van der Waals surface area (Å²) in [5.41, 5.74) is 0. The molecule has 2 rings (SSSR count). The van der Waals surface area contributed by atoms with Crippen molar-refractivity contribution in [3.8, 4) is 5.75 Å². The number of piperazine rings is 1. The van der Waals surface area contributed by atoms with E-state index >= 15 is 0 Å². The Bertz CT molecular complexity index is 562. The Labute approximate surface area is 122 Å². The number of sulfonamides is 1. The monoisotopic (exact) mass is 348 g/mol. The Kier molecular flexibility index (Phi) is 4.50. The summed E-state index contributed by atoms with van der Waals surface area (Å²) < 4.78 is 32.3. The number of nitrogens with one attached hydrogen (secondary N) is 1. The maximum absolute atomic E-state index is 12.6. The number of hydrogen-bond donors (Lipinski definition) is 1. The van der Waals surface area contributed by atoms with Gasteiger partial charge in [0.05, 0.1) is 12.0 Å². The van der Waals surface area contributed by atoms with E-state index in [4.69, 9.17) is 4.74 Å². The van der Waals surface area contributed by atoms with E-state index in [0.717, 1.165) is 0 Å². The van der Waals surface area contributed by atoms with Crippen LogP contribution in [0.4, 0.5) is 0 Å². The van der Waals surface area contributed by atoms with E-state index in [9.17, 15) is 8.42 Å². The van der Waals surface area contributed by atoms with Gasteiger partial charge in [-0.2, -0.15) is 4.31 Å². The van der Waals surface area contributed by atoms with Crippen molar-refractivity contribution in [2.24, 2.45) is 0 Å². The zero-order valence-corrected chi connectivity index (χ0v) is 13.3. The highest BCUT2D eigenvalue weighted by Gasteiger charge is 2.29. The van der Waals surface area contributed by atoms with Crippen LogP contribution in [0, 0.1) is 0 Å². The number of hydrogen-bond acceptors (Lipinski definition) is 4. The molecule has 1 atom stereocenters. The first kappa shape index (κ1) is 14.8. The van der Waals surface area contributed by atoms with Crippen LogP contribution in [0.1, 0.15) is 6.92 Å². The predicted molar refractivity (Wildman–Crippen MR) is 76.9 cm³/mol. The van der Waals surface area contributed by atoms with Gasteiger partial charge in [-0.15, -0.1) is 0 Å². The molecular weight excluding hydrogens is 332 g/mol. The lowest BCUT2D eigenvalue weighted by molar-refractivity contribution is 0.310. The molecule has 0 spiro atoms. The lowest BCUT2D eigenvalue weighted by Gasteiger charge is -2.31. The van der Waals surface area contributed by atoms with E-state index in [-0.39, 0.29) is 10.9 Å². The van der Waals surface area contributed by atoms with Crippen LogP contribution in [-0.4, -0.2) is 45.5 Å². The fourth-order valence-electron chi connectivity index (χ4n) is 2.07. The molecule has 0 aliphatic carbocycles. The van der Waals surface area contributed by atoms with Gasteiger partial charge in [-0.05, 0) is 41.1 Å². The molecule has 0 amide bonds. The molecule has 1 aliphatic rings. The fraction of sp³-hybridized carbons (Fsp3) is 0.500. The first-order valence-electron chi connectivity index (χ1n) is 6.02. The third-order valence-corrected chi connectivity index (χ3v) is 5.93. The van der Waals surface area contributed by atoms with Crippen molar-refractivity contribution in [3.05, 3.63) is 22.7 Å². The zero-order valence-electron chi connectivity index (χ0n) is 10.9. The van der Waals surface area contributed by atoms with Crippen LogP contribution in [0.25, 0.3) is 0 Å². The van der Waals surface area contributed by atoms with Crippen molar-refractivity contribution in [2.45, 2.75) is 17.9 Å². The van der Waals surface area contributed by atoms with Crippen LogP contribution in [-0.2, 0) is 10.0 Å². The summed E-state index contributed by atoms with van der Waals surface area (Å²) in [5, 5.41) is 3.23. The second-order valence-electron chi connectivity index (χ2n) is 4.51. The highest BCUT2D eigenvalue weighted by Crippen LogP contribution is 2.29. The van der Waals surface area contributed by atoms with Crippen LogP contribution in [0.5, 0.6) is 5.75 Å². The smallest absolute Gasteiger partial charge is 0.244 e. The van der Waals surface area contributed by atoms with Gasteiger partial charge in [0.1, 0.15) is 5.75 Å². The number of rotatable bonds is 3. The van der Waals surface area contributed by atoms with Gasteiger partial charge in [-0.25, -0.2) is 8.42 Å². The van der Waals surface area contributed by atoms with E-state index in [1.165, 1.54) is 4.31 Å². The number of methoxy groups -OCH3 is 1. The average molecular weight is 349 g/mol. The van der Waals surface area contributed by atoms with Crippen LogP contribution >= 0.6 is 15.9 Å². The minimum absolute atomic E-state index is 0.167. The molecular formula is C12H17BrN2O3S. The Hall–Kier alpha value is -0.630. The number of nitrogens with zero attached hydrogens (tertiary/aromatic N) is 1. The standard InChI is InChI=1S/C12H17BrN2O3S/c1-9-8-15(6-5-14-9)19(16,17)12-4-3-10(18-2)7-11(12)13/h3-4,7,9,14H,5-6,8H2,1-2H3. The zero-order chi connectivity index (χ0) is 14.0. The Morgan fingerprint density at radius 2 is 2.21 bits per heavy atom. The van der Waals surface area contributed by atoms with Crippen molar-refractivity contribution in [1.82, 2.24) is 9.62 Å². The van der Waals surface area contributed by atoms with Crippen molar-refractivity contribution >= 4 is 26.0 Å². The summed E-state index contributed by atoms with van der Waals surface area (Å²) >= 11 is 3.30.